The van der Waals surface area contributed by atoms with Gasteiger partial charge in [0, 0.05) is 7.05 Å². The van der Waals surface area contributed by atoms with E-state index in [2.05, 4.69) is 10.1 Å². The van der Waals surface area contributed by atoms with Gasteiger partial charge in [0.2, 0.25) is 5.95 Å². The van der Waals surface area contributed by atoms with Crippen LogP contribution in [0.15, 0.2) is 0 Å². The van der Waals surface area contributed by atoms with E-state index in [9.17, 15) is 4.79 Å². The molecule has 6 nitrogen and oxygen atoms in total. The fourth-order valence-electron chi connectivity index (χ4n) is 2.72. The van der Waals surface area contributed by atoms with Gasteiger partial charge >= 0.3 is 5.97 Å². The van der Waals surface area contributed by atoms with Crippen molar-refractivity contribution in [2.45, 2.75) is 50.9 Å². The van der Waals surface area contributed by atoms with Crippen LogP contribution in [-0.2, 0) is 22.0 Å². The first-order chi connectivity index (χ1) is 9.10. The van der Waals surface area contributed by atoms with Crippen LogP contribution in [0.4, 0.5) is 5.95 Å². The molecular formula is C13H22N4O2. The first-order valence-corrected chi connectivity index (χ1v) is 6.94. The number of aryl methyl sites for hydroxylation is 1. The van der Waals surface area contributed by atoms with Gasteiger partial charge in [-0.15, -0.1) is 0 Å². The maximum absolute atomic E-state index is 12.4. The fourth-order valence-corrected chi connectivity index (χ4v) is 2.72. The lowest BCUT2D eigenvalue weighted by molar-refractivity contribution is -0.151. The zero-order chi connectivity index (χ0) is 13.9. The number of nitrogens with two attached hydrogens (primary N) is 1. The van der Waals surface area contributed by atoms with Crippen LogP contribution in [0.2, 0.25) is 0 Å². The lowest BCUT2D eigenvalue weighted by atomic mass is 9.79. The molecule has 0 atom stereocenters. The highest BCUT2D eigenvalue weighted by molar-refractivity contribution is 5.82. The number of aromatic nitrogens is 3. The molecule has 0 aliphatic heterocycles. The van der Waals surface area contributed by atoms with Crippen molar-refractivity contribution in [3.8, 4) is 0 Å². The van der Waals surface area contributed by atoms with E-state index in [4.69, 9.17) is 10.5 Å². The number of hydrogen-bond acceptors (Lipinski definition) is 5. The molecule has 1 fully saturated rings. The molecular weight excluding hydrogens is 244 g/mol. The topological polar surface area (TPSA) is 83.0 Å². The second kappa shape index (κ2) is 5.59. The van der Waals surface area contributed by atoms with E-state index in [1.165, 1.54) is 4.68 Å². The lowest BCUT2D eigenvalue weighted by Gasteiger charge is -2.27. The average molecular weight is 266 g/mol. The summed E-state index contributed by atoms with van der Waals surface area (Å²) in [7, 11) is 1.74. The summed E-state index contributed by atoms with van der Waals surface area (Å²) in [5, 5.41) is 4.33. The molecule has 1 heterocycles. The first-order valence-electron chi connectivity index (χ1n) is 6.94. The highest BCUT2D eigenvalue weighted by Crippen LogP contribution is 2.38. The van der Waals surface area contributed by atoms with Crippen LogP contribution < -0.4 is 5.73 Å². The monoisotopic (exact) mass is 266 g/mol. The minimum atomic E-state index is -0.706. The Bertz CT molecular complexity index is 428. The zero-order valence-corrected chi connectivity index (χ0v) is 11.7. The third kappa shape index (κ3) is 2.57. The molecule has 1 aliphatic carbocycles. The molecule has 6 heteroatoms. The summed E-state index contributed by atoms with van der Waals surface area (Å²) in [6.45, 7) is 2.20. The number of hydrogen-bond donors (Lipinski definition) is 1. The predicted molar refractivity (Wildman–Crippen MR) is 71.4 cm³/mol. The minimum absolute atomic E-state index is 0.206. The Morgan fingerprint density at radius 1 is 1.37 bits per heavy atom. The third-order valence-electron chi connectivity index (χ3n) is 3.85. The van der Waals surface area contributed by atoms with Gasteiger partial charge in [-0.05, 0) is 19.8 Å². The average Bonchev–Trinajstić information content (AvgIpc) is 2.62. The molecule has 19 heavy (non-hydrogen) atoms. The van der Waals surface area contributed by atoms with Crippen LogP contribution in [0.25, 0.3) is 0 Å². The molecule has 0 amide bonds. The van der Waals surface area contributed by atoms with Crippen molar-refractivity contribution in [3.05, 3.63) is 5.82 Å². The van der Waals surface area contributed by atoms with Gasteiger partial charge in [-0.25, -0.2) is 4.68 Å². The summed E-state index contributed by atoms with van der Waals surface area (Å²) in [5.74, 6) is 0.651. The third-order valence-corrected chi connectivity index (χ3v) is 3.85. The molecule has 0 unspecified atom stereocenters. The molecule has 1 aromatic heterocycles. The van der Waals surface area contributed by atoms with Gasteiger partial charge in [0.15, 0.2) is 5.82 Å². The van der Waals surface area contributed by atoms with Gasteiger partial charge < -0.3 is 10.5 Å². The van der Waals surface area contributed by atoms with E-state index in [1.807, 2.05) is 6.92 Å². The molecule has 1 aromatic rings. The number of carbonyl (C=O) groups excluding carboxylic acids is 1. The molecule has 1 saturated carbocycles. The summed E-state index contributed by atoms with van der Waals surface area (Å²) < 4.78 is 6.79. The molecule has 0 saturated heterocycles. The SMILES string of the molecule is CCOC(=O)C1(c2nc(N)n(C)n2)CCCCCC1. The van der Waals surface area contributed by atoms with Crippen LogP contribution in [0.1, 0.15) is 51.3 Å². The maximum atomic E-state index is 12.4. The predicted octanol–water partition coefficient (Wildman–Crippen LogP) is 1.55. The highest BCUT2D eigenvalue weighted by Gasteiger charge is 2.45. The Morgan fingerprint density at radius 3 is 2.47 bits per heavy atom. The Labute approximate surface area is 113 Å². The Hall–Kier alpha value is -1.59. The number of carbonyl (C=O) groups is 1. The van der Waals surface area contributed by atoms with Crippen molar-refractivity contribution in [3.63, 3.8) is 0 Å². The lowest BCUT2D eigenvalue weighted by Crippen LogP contribution is -2.38. The number of rotatable bonds is 3. The van der Waals surface area contributed by atoms with Gasteiger partial charge in [-0.2, -0.15) is 10.1 Å². The van der Waals surface area contributed by atoms with Gasteiger partial charge in [0.1, 0.15) is 5.41 Å². The van der Waals surface area contributed by atoms with Gasteiger partial charge in [0.25, 0.3) is 0 Å². The van der Waals surface area contributed by atoms with E-state index < -0.39 is 5.41 Å². The van der Waals surface area contributed by atoms with Crippen LogP contribution in [-0.4, -0.2) is 27.3 Å². The van der Waals surface area contributed by atoms with Crippen molar-refractivity contribution in [2.75, 3.05) is 12.3 Å². The normalized spacial score (nSPS) is 18.8. The number of esters is 1. The van der Waals surface area contributed by atoms with Crippen LogP contribution >= 0.6 is 0 Å². The van der Waals surface area contributed by atoms with Gasteiger partial charge in [-0.3, -0.25) is 4.79 Å². The Kier molecular flexibility index (Phi) is 4.07. The molecule has 2 rings (SSSR count). The number of nitrogen functional groups attached to an aromatic ring is 1. The summed E-state index contributed by atoms with van der Waals surface area (Å²) in [4.78, 5) is 16.7. The van der Waals surface area contributed by atoms with Crippen molar-refractivity contribution < 1.29 is 9.53 Å². The molecule has 2 N–H and O–H groups in total. The molecule has 0 spiro atoms. The van der Waals surface area contributed by atoms with Crippen molar-refractivity contribution in [1.29, 1.82) is 0 Å². The van der Waals surface area contributed by atoms with Crippen molar-refractivity contribution in [2.24, 2.45) is 7.05 Å². The summed E-state index contributed by atoms with van der Waals surface area (Å²) in [6.07, 6.45) is 5.77. The van der Waals surface area contributed by atoms with Gasteiger partial charge in [0.05, 0.1) is 6.61 Å². The van der Waals surface area contributed by atoms with E-state index in [0.717, 1.165) is 38.5 Å². The van der Waals surface area contributed by atoms with Crippen LogP contribution in [0, 0.1) is 0 Å². The second-order valence-electron chi connectivity index (χ2n) is 5.13. The molecule has 0 radical (unpaired) electrons. The Morgan fingerprint density at radius 2 is 2.00 bits per heavy atom. The van der Waals surface area contributed by atoms with E-state index in [0.29, 0.717) is 18.4 Å². The van der Waals surface area contributed by atoms with E-state index in [1.54, 1.807) is 7.05 Å². The summed E-state index contributed by atoms with van der Waals surface area (Å²) >= 11 is 0. The summed E-state index contributed by atoms with van der Waals surface area (Å²) in [5.41, 5.74) is 5.05. The smallest absolute Gasteiger partial charge is 0.319 e. The maximum Gasteiger partial charge on any atom is 0.319 e. The highest BCUT2D eigenvalue weighted by atomic mass is 16.5. The number of ether oxygens (including phenoxy) is 1. The van der Waals surface area contributed by atoms with E-state index in [-0.39, 0.29) is 5.97 Å². The quantitative estimate of drug-likeness (QED) is 0.663. The van der Waals surface area contributed by atoms with Crippen LogP contribution in [0.3, 0.4) is 0 Å². The number of anilines is 1. The minimum Gasteiger partial charge on any atom is -0.465 e. The summed E-state index contributed by atoms with van der Waals surface area (Å²) in [6, 6.07) is 0. The molecule has 0 bridgehead atoms. The molecule has 0 aromatic carbocycles. The fraction of sp³-hybridized carbons (Fsp3) is 0.769. The standard InChI is InChI=1S/C13H22N4O2/c1-3-19-11(18)13(8-6-4-5-7-9-13)10-15-12(14)17(2)16-10/h3-9H2,1-2H3,(H2,14,15,16). The first kappa shape index (κ1) is 13.8. The van der Waals surface area contributed by atoms with E-state index >= 15 is 0 Å². The molecule has 106 valence electrons. The zero-order valence-electron chi connectivity index (χ0n) is 11.7. The Balaban J connectivity index is 2.40. The largest absolute Gasteiger partial charge is 0.465 e. The van der Waals surface area contributed by atoms with Crippen molar-refractivity contribution in [1.82, 2.24) is 14.8 Å². The second-order valence-corrected chi connectivity index (χ2v) is 5.13. The molecule has 1 aliphatic rings. The number of nitrogens with zero attached hydrogens (tertiary/aromatic N) is 3. The van der Waals surface area contributed by atoms with Crippen molar-refractivity contribution >= 4 is 11.9 Å². The van der Waals surface area contributed by atoms with Crippen LogP contribution in [0.5, 0.6) is 0 Å². The van der Waals surface area contributed by atoms with Gasteiger partial charge in [-0.1, -0.05) is 25.7 Å².